The van der Waals surface area contributed by atoms with Gasteiger partial charge in [0.15, 0.2) is 0 Å². The molecule has 15 heavy (non-hydrogen) atoms. The number of hydrogen-bond acceptors (Lipinski definition) is 3. The summed E-state index contributed by atoms with van der Waals surface area (Å²) < 4.78 is 5.56. The maximum absolute atomic E-state index is 10.5. The lowest BCUT2D eigenvalue weighted by Crippen LogP contribution is -1.95. The van der Waals surface area contributed by atoms with Crippen molar-refractivity contribution in [2.45, 2.75) is 26.2 Å². The van der Waals surface area contributed by atoms with Crippen molar-refractivity contribution < 1.29 is 4.79 Å². The lowest BCUT2D eigenvalue weighted by Gasteiger charge is -2.09. The van der Waals surface area contributed by atoms with Gasteiger partial charge in [0.1, 0.15) is 6.29 Å². The molecule has 0 saturated heterocycles. The van der Waals surface area contributed by atoms with Crippen LogP contribution in [0.5, 0.6) is 0 Å². The van der Waals surface area contributed by atoms with Gasteiger partial charge in [-0.15, -0.1) is 0 Å². The number of fused-ring (bicyclic) bond motifs is 1. The normalized spacial score (nSPS) is 12.9. The molecule has 0 radical (unpaired) electrons. The van der Waals surface area contributed by atoms with Crippen molar-refractivity contribution in [1.29, 1.82) is 0 Å². The molecule has 0 spiro atoms. The molecule has 1 aromatic heterocycles. The second-order valence-electron chi connectivity index (χ2n) is 3.79. The summed E-state index contributed by atoms with van der Waals surface area (Å²) in [6.45, 7) is 4.11. The van der Waals surface area contributed by atoms with E-state index in [9.17, 15) is 4.79 Å². The second kappa shape index (κ2) is 4.11. The van der Waals surface area contributed by atoms with Crippen LogP contribution in [-0.4, -0.2) is 10.7 Å². The van der Waals surface area contributed by atoms with Gasteiger partial charge >= 0.3 is 0 Å². The maximum Gasteiger partial charge on any atom is 0.120 e. The Bertz CT molecular complexity index is 489. The Balaban J connectivity index is 2.58. The van der Waals surface area contributed by atoms with E-state index in [4.69, 9.17) is 0 Å². The molecular weight excluding hydrogens is 206 g/mol. The minimum absolute atomic E-state index is 0.279. The van der Waals surface area contributed by atoms with Gasteiger partial charge in [-0.1, -0.05) is 19.1 Å². The highest BCUT2D eigenvalue weighted by molar-refractivity contribution is 7.13. The quantitative estimate of drug-likeness (QED) is 0.741. The van der Waals surface area contributed by atoms with Gasteiger partial charge in [0, 0.05) is 11.8 Å². The van der Waals surface area contributed by atoms with Gasteiger partial charge in [-0.2, -0.15) is 4.37 Å². The van der Waals surface area contributed by atoms with Crippen molar-refractivity contribution in [1.82, 2.24) is 4.37 Å². The fourth-order valence-electron chi connectivity index (χ4n) is 1.86. The predicted octanol–water partition coefficient (Wildman–Crippen LogP) is 3.30. The summed E-state index contributed by atoms with van der Waals surface area (Å²) in [4.78, 5) is 10.5. The number of carbonyl (C=O) groups excluding carboxylic acids is 1. The highest BCUT2D eigenvalue weighted by Gasteiger charge is 2.12. The maximum atomic E-state index is 10.5. The van der Waals surface area contributed by atoms with Crippen LogP contribution in [0.4, 0.5) is 0 Å². The van der Waals surface area contributed by atoms with Crippen LogP contribution in [0.3, 0.4) is 0 Å². The summed E-state index contributed by atoms with van der Waals surface area (Å²) in [6.07, 6.45) is 1.56. The van der Waals surface area contributed by atoms with Gasteiger partial charge in [-0.05, 0) is 36.0 Å². The molecule has 0 amide bonds. The zero-order valence-electron chi connectivity index (χ0n) is 8.86. The van der Waals surface area contributed by atoms with Crippen LogP contribution in [0, 0.1) is 6.92 Å². The first kappa shape index (κ1) is 10.3. The third-order valence-electron chi connectivity index (χ3n) is 2.68. The zero-order valence-corrected chi connectivity index (χ0v) is 9.67. The molecule has 1 unspecified atom stereocenters. The van der Waals surface area contributed by atoms with E-state index < -0.39 is 0 Å². The number of carbonyl (C=O) groups is 1. The fraction of sp³-hybridized carbons (Fsp3) is 0.333. The number of aldehydes is 1. The first-order valence-corrected chi connectivity index (χ1v) is 5.80. The van der Waals surface area contributed by atoms with Gasteiger partial charge in [0.2, 0.25) is 0 Å². The molecule has 0 fully saturated rings. The smallest absolute Gasteiger partial charge is 0.120 e. The highest BCUT2D eigenvalue weighted by atomic mass is 32.1. The van der Waals surface area contributed by atoms with Gasteiger partial charge in [0.25, 0.3) is 0 Å². The van der Waals surface area contributed by atoms with Gasteiger partial charge in [0.05, 0.1) is 10.4 Å². The first-order valence-electron chi connectivity index (χ1n) is 5.02. The zero-order chi connectivity index (χ0) is 10.8. The van der Waals surface area contributed by atoms with Crippen molar-refractivity contribution in [3.63, 3.8) is 0 Å². The Morgan fingerprint density at radius 1 is 1.53 bits per heavy atom. The third kappa shape index (κ3) is 1.79. The molecule has 0 aliphatic carbocycles. The molecule has 1 aromatic carbocycles. The van der Waals surface area contributed by atoms with Crippen molar-refractivity contribution in [2.24, 2.45) is 0 Å². The van der Waals surface area contributed by atoms with Crippen LogP contribution >= 0.6 is 11.5 Å². The van der Waals surface area contributed by atoms with Gasteiger partial charge in [-0.3, -0.25) is 0 Å². The SMILES string of the molecule is Cc1nsc2cccc(C(C)CC=O)c12. The Morgan fingerprint density at radius 2 is 2.33 bits per heavy atom. The van der Waals surface area contributed by atoms with E-state index >= 15 is 0 Å². The Kier molecular flexibility index (Phi) is 2.82. The molecule has 0 aliphatic rings. The summed E-state index contributed by atoms with van der Waals surface area (Å²) in [5.41, 5.74) is 2.31. The van der Waals surface area contributed by atoms with Crippen molar-refractivity contribution in [3.8, 4) is 0 Å². The summed E-state index contributed by atoms with van der Waals surface area (Å²) in [5.74, 6) is 0.279. The summed E-state index contributed by atoms with van der Waals surface area (Å²) in [7, 11) is 0. The summed E-state index contributed by atoms with van der Waals surface area (Å²) in [6, 6.07) is 6.21. The highest BCUT2D eigenvalue weighted by Crippen LogP contribution is 2.31. The van der Waals surface area contributed by atoms with E-state index in [0.717, 1.165) is 12.0 Å². The molecule has 0 aliphatic heterocycles. The molecule has 2 nitrogen and oxygen atoms in total. The molecular formula is C12H13NOS. The number of nitrogens with zero attached hydrogens (tertiary/aromatic N) is 1. The number of hydrogen-bond donors (Lipinski definition) is 0. The molecule has 2 aromatic rings. The largest absolute Gasteiger partial charge is 0.303 e. The molecule has 0 bridgehead atoms. The van der Waals surface area contributed by atoms with E-state index in [2.05, 4.69) is 23.4 Å². The van der Waals surface area contributed by atoms with E-state index in [1.807, 2.05) is 13.0 Å². The van der Waals surface area contributed by atoms with E-state index in [1.165, 1.54) is 27.2 Å². The van der Waals surface area contributed by atoms with Crippen LogP contribution in [0.15, 0.2) is 18.2 Å². The molecule has 78 valence electrons. The Labute approximate surface area is 93.1 Å². The van der Waals surface area contributed by atoms with Gasteiger partial charge < -0.3 is 4.79 Å². The van der Waals surface area contributed by atoms with Crippen LogP contribution in [0.25, 0.3) is 10.1 Å². The molecule has 2 rings (SSSR count). The molecule has 0 saturated carbocycles. The van der Waals surface area contributed by atoms with Crippen LogP contribution in [0.2, 0.25) is 0 Å². The van der Waals surface area contributed by atoms with Gasteiger partial charge in [-0.25, -0.2) is 0 Å². The number of benzene rings is 1. The average molecular weight is 219 g/mol. The average Bonchev–Trinajstić information content (AvgIpc) is 2.61. The summed E-state index contributed by atoms with van der Waals surface area (Å²) >= 11 is 1.53. The third-order valence-corrected chi connectivity index (χ3v) is 3.58. The van der Waals surface area contributed by atoms with E-state index in [0.29, 0.717) is 6.42 Å². The monoisotopic (exact) mass is 219 g/mol. The lowest BCUT2D eigenvalue weighted by molar-refractivity contribution is -0.108. The van der Waals surface area contributed by atoms with Crippen LogP contribution in [-0.2, 0) is 4.79 Å². The Hall–Kier alpha value is -1.22. The molecule has 1 atom stereocenters. The number of aryl methyl sites for hydroxylation is 1. The number of rotatable bonds is 3. The van der Waals surface area contributed by atoms with Crippen molar-refractivity contribution >= 4 is 27.9 Å². The van der Waals surface area contributed by atoms with Crippen LogP contribution in [0.1, 0.15) is 30.5 Å². The number of aromatic nitrogens is 1. The van der Waals surface area contributed by atoms with Crippen molar-refractivity contribution in [2.75, 3.05) is 0 Å². The molecule has 3 heteroatoms. The van der Waals surface area contributed by atoms with E-state index in [1.54, 1.807) is 0 Å². The fourth-order valence-corrected chi connectivity index (χ4v) is 2.68. The second-order valence-corrected chi connectivity index (χ2v) is 4.60. The standard InChI is InChI=1S/C12H13NOS/c1-8(6-7-14)10-4-3-5-11-12(10)9(2)13-15-11/h3-5,7-8H,6H2,1-2H3. The minimum Gasteiger partial charge on any atom is -0.303 e. The minimum atomic E-state index is 0.279. The first-order chi connectivity index (χ1) is 7.24. The summed E-state index contributed by atoms with van der Waals surface area (Å²) in [5, 5.41) is 1.23. The van der Waals surface area contributed by atoms with Crippen LogP contribution < -0.4 is 0 Å². The van der Waals surface area contributed by atoms with Crippen molar-refractivity contribution in [3.05, 3.63) is 29.5 Å². The molecule has 1 heterocycles. The van der Waals surface area contributed by atoms with E-state index in [-0.39, 0.29) is 5.92 Å². The molecule has 0 N–H and O–H groups in total. The Morgan fingerprint density at radius 3 is 3.07 bits per heavy atom. The topological polar surface area (TPSA) is 30.0 Å². The lowest BCUT2D eigenvalue weighted by atomic mass is 9.95. The predicted molar refractivity (Wildman–Crippen MR) is 63.5 cm³/mol.